The van der Waals surface area contributed by atoms with Crippen LogP contribution in [0.4, 0.5) is 0 Å². The predicted octanol–water partition coefficient (Wildman–Crippen LogP) is 22.0. The van der Waals surface area contributed by atoms with Crippen LogP contribution in [0.3, 0.4) is 0 Å². The van der Waals surface area contributed by atoms with Crippen molar-refractivity contribution in [3.63, 3.8) is 0 Å². The lowest BCUT2D eigenvalue weighted by molar-refractivity contribution is -0.161. The molecule has 3 N–H and O–H groups in total. The van der Waals surface area contributed by atoms with E-state index in [1.807, 2.05) is 12.2 Å². The highest BCUT2D eigenvalue weighted by Crippen LogP contribution is 2.45. The first kappa shape index (κ1) is 94.0. The van der Waals surface area contributed by atoms with Gasteiger partial charge in [-0.3, -0.25) is 37.3 Å². The maximum Gasteiger partial charge on any atom is 0.472 e. The zero-order chi connectivity index (χ0) is 71.8. The lowest BCUT2D eigenvalue weighted by Gasteiger charge is -2.21. The average Bonchev–Trinajstić information content (AvgIpc) is 0.969. The summed E-state index contributed by atoms with van der Waals surface area (Å²) in [5, 5.41) is 10.6. The molecule has 0 rings (SSSR count). The topological polar surface area (TPSA) is 237 Å². The summed E-state index contributed by atoms with van der Waals surface area (Å²) in [5.74, 6) is -2.25. The number of allylic oxidation sites excluding steroid dienone is 16. The Morgan fingerprint density at radius 1 is 0.296 bits per heavy atom. The SMILES string of the molecule is CC/C=C\C/C=C\C/C=C\C/C=C\C/C=C\CCCC(=O)OCC(COP(=O)(O)OCC(O)COP(=O)(O)OCC(COC(=O)CCCCCCCCCCCCCCCCC)OC(=O)CCCCCCC/C=C\CCCCCC)OC(=O)CCCCCCC/C=C\C/C=C\CCC. The van der Waals surface area contributed by atoms with Gasteiger partial charge in [0.1, 0.15) is 19.3 Å². The first-order valence-corrected chi connectivity index (χ1v) is 41.5. The molecule has 0 fully saturated rings. The van der Waals surface area contributed by atoms with Gasteiger partial charge < -0.3 is 33.8 Å². The smallest absolute Gasteiger partial charge is 0.462 e. The first-order chi connectivity index (χ1) is 47.7. The highest BCUT2D eigenvalue weighted by molar-refractivity contribution is 7.47. The molecule has 0 aliphatic carbocycles. The second-order valence-electron chi connectivity index (χ2n) is 25.6. The molecule has 0 aliphatic heterocycles. The molecule has 0 aromatic rings. The van der Waals surface area contributed by atoms with Crippen LogP contribution in [0.1, 0.15) is 323 Å². The quantitative estimate of drug-likeness (QED) is 0.0169. The van der Waals surface area contributed by atoms with Crippen LogP contribution in [0.2, 0.25) is 0 Å². The van der Waals surface area contributed by atoms with Crippen molar-refractivity contribution in [2.45, 2.75) is 341 Å². The van der Waals surface area contributed by atoms with E-state index in [0.717, 1.165) is 141 Å². The molecular weight excluding hydrogens is 1280 g/mol. The fourth-order valence-corrected chi connectivity index (χ4v) is 11.8. The Labute approximate surface area is 595 Å². The number of aliphatic hydroxyl groups is 1. The number of phosphoric acid groups is 2. The van der Waals surface area contributed by atoms with Gasteiger partial charge in [0.15, 0.2) is 12.2 Å². The molecule has 0 aliphatic rings. The molecule has 5 unspecified atom stereocenters. The minimum absolute atomic E-state index is 0.0660. The Morgan fingerprint density at radius 3 is 0.918 bits per heavy atom. The van der Waals surface area contributed by atoms with E-state index in [0.29, 0.717) is 32.1 Å². The van der Waals surface area contributed by atoms with E-state index in [9.17, 15) is 43.2 Å². The molecule has 98 heavy (non-hydrogen) atoms. The first-order valence-electron chi connectivity index (χ1n) is 38.5. The van der Waals surface area contributed by atoms with Gasteiger partial charge in [-0.25, -0.2) is 9.13 Å². The van der Waals surface area contributed by atoms with Crippen LogP contribution in [0.5, 0.6) is 0 Å². The van der Waals surface area contributed by atoms with E-state index in [2.05, 4.69) is 113 Å². The predicted molar refractivity (Wildman–Crippen MR) is 399 cm³/mol. The van der Waals surface area contributed by atoms with Gasteiger partial charge in [0.2, 0.25) is 0 Å². The molecular formula is C79H138O17P2. The van der Waals surface area contributed by atoms with Crippen LogP contribution >= 0.6 is 15.6 Å². The molecule has 0 aromatic carbocycles. The molecule has 0 saturated carbocycles. The Hall–Kier alpha value is -4.02. The van der Waals surface area contributed by atoms with Crippen LogP contribution in [-0.2, 0) is 65.4 Å². The highest BCUT2D eigenvalue weighted by atomic mass is 31.2. The maximum absolute atomic E-state index is 13.1. The molecule has 0 saturated heterocycles. The summed E-state index contributed by atoms with van der Waals surface area (Å²) >= 11 is 0. The fourth-order valence-electron chi connectivity index (χ4n) is 10.2. The van der Waals surface area contributed by atoms with E-state index < -0.39 is 97.5 Å². The van der Waals surface area contributed by atoms with E-state index in [1.54, 1.807) is 0 Å². The van der Waals surface area contributed by atoms with Crippen molar-refractivity contribution in [1.82, 2.24) is 0 Å². The summed E-state index contributed by atoms with van der Waals surface area (Å²) in [6.07, 6.45) is 74.0. The van der Waals surface area contributed by atoms with Gasteiger partial charge in [0, 0.05) is 25.7 Å². The Kier molecular flexibility index (Phi) is 68.4. The van der Waals surface area contributed by atoms with Crippen LogP contribution in [0.25, 0.3) is 0 Å². The summed E-state index contributed by atoms with van der Waals surface area (Å²) in [5.41, 5.74) is 0. The van der Waals surface area contributed by atoms with Gasteiger partial charge in [-0.05, 0) is 116 Å². The maximum atomic E-state index is 13.1. The number of phosphoric ester groups is 2. The molecule has 0 heterocycles. The molecule has 566 valence electrons. The monoisotopic (exact) mass is 1420 g/mol. The number of hydrogen-bond donors (Lipinski definition) is 3. The third-order valence-electron chi connectivity index (χ3n) is 16.0. The van der Waals surface area contributed by atoms with Crippen LogP contribution in [0, 0.1) is 0 Å². The number of hydrogen-bond acceptors (Lipinski definition) is 15. The summed E-state index contributed by atoms with van der Waals surface area (Å²) < 4.78 is 68.4. The van der Waals surface area contributed by atoms with Crippen LogP contribution in [0.15, 0.2) is 97.2 Å². The zero-order valence-electron chi connectivity index (χ0n) is 61.7. The molecule has 0 radical (unpaired) electrons. The Morgan fingerprint density at radius 2 is 0.561 bits per heavy atom. The van der Waals surface area contributed by atoms with Crippen molar-refractivity contribution in [2.24, 2.45) is 0 Å². The molecule has 0 bridgehead atoms. The number of carbonyl (C=O) groups excluding carboxylic acids is 4. The standard InChI is InChI=1S/C79H138O17P2/c1-5-9-13-17-21-25-29-33-35-36-38-42-44-48-52-56-60-64-77(82)90-70-75(96-79(84)66-62-58-54-50-46-40-32-28-24-20-16-12-8-4)72-94-98(87,88)92-68-73(80)67-91-97(85,86)93-71-74(95-78(83)65-61-57-53-49-45-39-31-27-23-19-15-11-7-3)69-89-76(81)63-59-55-51-47-43-41-37-34-30-26-22-18-14-10-6-2/h9,13,16,20-21,25,27-28,31-33,35,38,42,48,52,73-75,80H,5-8,10-12,14-15,17-19,22-24,26,29-30,34,36-37,39-41,43-47,49-51,53-72H2,1-4H3,(H,85,86)(H,87,88)/b13-9-,20-16-,25-21-,31-27-,32-28-,35-33-,42-38-,52-48-. The normalized spacial score (nSPS) is 14.5. The number of rotatable bonds is 72. The second kappa shape index (κ2) is 71.4. The molecule has 17 nitrogen and oxygen atoms in total. The van der Waals surface area contributed by atoms with Gasteiger partial charge in [-0.2, -0.15) is 0 Å². The van der Waals surface area contributed by atoms with Gasteiger partial charge in [-0.1, -0.05) is 279 Å². The fraction of sp³-hybridized carbons (Fsp3) is 0.747. The lowest BCUT2D eigenvalue weighted by atomic mass is 10.0. The number of aliphatic hydroxyl groups excluding tert-OH is 1. The third kappa shape index (κ3) is 70.4. The highest BCUT2D eigenvalue weighted by Gasteiger charge is 2.30. The number of carbonyl (C=O) groups is 4. The Balaban J connectivity index is 5.38. The summed E-state index contributed by atoms with van der Waals surface area (Å²) in [7, 11) is -9.96. The van der Waals surface area contributed by atoms with Gasteiger partial charge in [0.25, 0.3) is 0 Å². The van der Waals surface area contributed by atoms with E-state index in [1.165, 1.54) is 96.3 Å². The van der Waals surface area contributed by atoms with Gasteiger partial charge >= 0.3 is 39.5 Å². The minimum Gasteiger partial charge on any atom is -0.462 e. The zero-order valence-corrected chi connectivity index (χ0v) is 63.5. The molecule has 0 spiro atoms. The lowest BCUT2D eigenvalue weighted by Crippen LogP contribution is -2.30. The van der Waals surface area contributed by atoms with Crippen LogP contribution in [-0.4, -0.2) is 96.7 Å². The largest absolute Gasteiger partial charge is 0.472 e. The van der Waals surface area contributed by atoms with Gasteiger partial charge in [-0.15, -0.1) is 0 Å². The second-order valence-corrected chi connectivity index (χ2v) is 28.5. The minimum atomic E-state index is -4.99. The molecule has 0 aromatic heterocycles. The van der Waals surface area contributed by atoms with Crippen molar-refractivity contribution in [1.29, 1.82) is 0 Å². The van der Waals surface area contributed by atoms with E-state index >= 15 is 0 Å². The van der Waals surface area contributed by atoms with E-state index in [-0.39, 0.29) is 25.7 Å². The summed E-state index contributed by atoms with van der Waals surface area (Å²) in [6.45, 7) is 4.62. The van der Waals surface area contributed by atoms with Crippen molar-refractivity contribution >= 4 is 39.5 Å². The summed E-state index contributed by atoms with van der Waals surface area (Å²) in [6, 6.07) is 0. The molecule has 19 heteroatoms. The number of unbranched alkanes of at least 4 members (excludes halogenated alkanes) is 30. The van der Waals surface area contributed by atoms with E-state index in [4.69, 9.17) is 37.0 Å². The molecule has 5 atom stereocenters. The number of esters is 4. The average molecular weight is 1420 g/mol. The number of ether oxygens (including phenoxy) is 4. The van der Waals surface area contributed by atoms with Crippen molar-refractivity contribution in [2.75, 3.05) is 39.6 Å². The Bertz CT molecular complexity index is 2240. The van der Waals surface area contributed by atoms with Gasteiger partial charge in [0.05, 0.1) is 26.4 Å². The van der Waals surface area contributed by atoms with Crippen molar-refractivity contribution < 1.29 is 80.2 Å². The van der Waals surface area contributed by atoms with Crippen molar-refractivity contribution in [3.8, 4) is 0 Å². The van der Waals surface area contributed by atoms with Crippen molar-refractivity contribution in [3.05, 3.63) is 97.2 Å². The summed E-state index contributed by atoms with van der Waals surface area (Å²) in [4.78, 5) is 72.8. The third-order valence-corrected chi connectivity index (χ3v) is 17.9. The van der Waals surface area contributed by atoms with Crippen LogP contribution < -0.4 is 0 Å². The molecule has 0 amide bonds.